The van der Waals surface area contributed by atoms with E-state index in [0.717, 1.165) is 4.90 Å². The van der Waals surface area contributed by atoms with Crippen LogP contribution in [0, 0.1) is 0 Å². The number of aliphatic carboxylic acids is 1. The molecule has 1 N–H and O–H groups in total. The van der Waals surface area contributed by atoms with Crippen LogP contribution in [0.25, 0.3) is 0 Å². The van der Waals surface area contributed by atoms with Gasteiger partial charge in [0.2, 0.25) is 5.91 Å². The van der Waals surface area contributed by atoms with Crippen LogP contribution < -0.4 is 0 Å². The maximum atomic E-state index is 12.3. The van der Waals surface area contributed by atoms with Gasteiger partial charge >= 0.3 is 5.97 Å². The molecule has 7 nitrogen and oxygen atoms in total. The molecule has 1 amide bonds. The molecule has 2 rings (SSSR count). The van der Waals surface area contributed by atoms with E-state index >= 15 is 0 Å². The number of hydrogen-bond donors (Lipinski definition) is 1. The van der Waals surface area contributed by atoms with E-state index in [0.29, 0.717) is 12.8 Å². The SMILES string of the molecule is O=C(O)C1COCCN1C(=O)C1CCCCS1(=O)=O. The van der Waals surface area contributed by atoms with Crippen LogP contribution in [-0.2, 0) is 24.2 Å². The van der Waals surface area contributed by atoms with Crippen LogP contribution in [0.4, 0.5) is 0 Å². The van der Waals surface area contributed by atoms with Gasteiger partial charge in [-0.2, -0.15) is 0 Å². The number of carboxylic acid groups (broad SMARTS) is 1. The van der Waals surface area contributed by atoms with E-state index in [1.807, 2.05) is 0 Å². The Bertz CT molecular complexity index is 474. The average Bonchev–Trinajstić information content (AvgIpc) is 2.37. The minimum atomic E-state index is -3.45. The molecule has 0 radical (unpaired) electrons. The predicted octanol–water partition coefficient (Wildman–Crippen LogP) is -0.734. The molecule has 0 aromatic rings. The highest BCUT2D eigenvalue weighted by Crippen LogP contribution is 2.23. The third-order valence-electron chi connectivity index (χ3n) is 3.55. The molecule has 2 aliphatic rings. The van der Waals surface area contributed by atoms with E-state index in [2.05, 4.69) is 0 Å². The molecule has 0 spiro atoms. The number of amides is 1. The summed E-state index contributed by atoms with van der Waals surface area (Å²) >= 11 is 0. The molecule has 2 saturated heterocycles. The van der Waals surface area contributed by atoms with Gasteiger partial charge in [-0.3, -0.25) is 4.79 Å². The summed E-state index contributed by atoms with van der Waals surface area (Å²) in [7, 11) is -3.45. The number of morpholine rings is 1. The summed E-state index contributed by atoms with van der Waals surface area (Å²) in [5, 5.41) is 7.98. The fraction of sp³-hybridized carbons (Fsp3) is 0.818. The molecular weight excluding hydrogens is 274 g/mol. The molecule has 2 fully saturated rings. The molecule has 0 aromatic heterocycles. The van der Waals surface area contributed by atoms with Crippen molar-refractivity contribution in [1.82, 2.24) is 4.90 Å². The lowest BCUT2D eigenvalue weighted by atomic mass is 10.1. The van der Waals surface area contributed by atoms with E-state index in [1.54, 1.807) is 0 Å². The Balaban J connectivity index is 2.19. The second-order valence-corrected chi connectivity index (χ2v) is 7.11. The predicted molar refractivity (Wildman–Crippen MR) is 65.4 cm³/mol. The molecule has 19 heavy (non-hydrogen) atoms. The fourth-order valence-electron chi connectivity index (χ4n) is 2.49. The quantitative estimate of drug-likeness (QED) is 0.719. The second kappa shape index (κ2) is 5.46. The first-order chi connectivity index (χ1) is 8.93. The highest BCUT2D eigenvalue weighted by molar-refractivity contribution is 7.92. The number of carboxylic acids is 1. The van der Waals surface area contributed by atoms with Crippen LogP contribution in [0.2, 0.25) is 0 Å². The molecule has 0 aromatic carbocycles. The van der Waals surface area contributed by atoms with E-state index in [1.165, 1.54) is 0 Å². The standard InChI is InChI=1S/C11H17NO6S/c13-10(9-3-1-2-6-19(9,16)17)12-4-5-18-7-8(12)11(14)15/h8-9H,1-7H2,(H,14,15). The molecular formula is C11H17NO6S. The van der Waals surface area contributed by atoms with Gasteiger partial charge in [0.05, 0.1) is 19.0 Å². The average molecular weight is 291 g/mol. The first kappa shape index (κ1) is 14.3. The summed E-state index contributed by atoms with van der Waals surface area (Å²) in [6.07, 6.45) is 1.53. The van der Waals surface area contributed by atoms with Gasteiger partial charge in [0, 0.05) is 6.54 Å². The molecule has 2 aliphatic heterocycles. The summed E-state index contributed by atoms with van der Waals surface area (Å²) in [5.41, 5.74) is 0. The van der Waals surface area contributed by atoms with Gasteiger partial charge in [-0.25, -0.2) is 13.2 Å². The van der Waals surface area contributed by atoms with Gasteiger partial charge in [0.25, 0.3) is 0 Å². The molecule has 108 valence electrons. The van der Waals surface area contributed by atoms with E-state index in [9.17, 15) is 18.0 Å². The van der Waals surface area contributed by atoms with Crippen LogP contribution >= 0.6 is 0 Å². The van der Waals surface area contributed by atoms with Crippen LogP contribution in [-0.4, -0.2) is 67.1 Å². The Morgan fingerprint density at radius 2 is 2.00 bits per heavy atom. The van der Waals surface area contributed by atoms with Gasteiger partial charge < -0.3 is 14.7 Å². The zero-order chi connectivity index (χ0) is 14.0. The fourth-order valence-corrected chi connectivity index (χ4v) is 4.35. The number of carbonyl (C=O) groups is 2. The zero-order valence-corrected chi connectivity index (χ0v) is 11.3. The smallest absolute Gasteiger partial charge is 0.328 e. The topological polar surface area (TPSA) is 101 Å². The summed E-state index contributed by atoms with van der Waals surface area (Å²) in [5.74, 6) is -1.75. The van der Waals surface area contributed by atoms with Gasteiger partial charge in [-0.15, -0.1) is 0 Å². The molecule has 8 heteroatoms. The van der Waals surface area contributed by atoms with Crippen molar-refractivity contribution in [3.63, 3.8) is 0 Å². The number of ether oxygens (including phenoxy) is 1. The minimum absolute atomic E-state index is 0.00544. The maximum absolute atomic E-state index is 12.3. The molecule has 0 aliphatic carbocycles. The number of carbonyl (C=O) groups excluding carboxylic acids is 1. The van der Waals surface area contributed by atoms with Gasteiger partial charge in [0.1, 0.15) is 5.25 Å². The van der Waals surface area contributed by atoms with E-state index in [-0.39, 0.29) is 31.9 Å². The van der Waals surface area contributed by atoms with E-state index in [4.69, 9.17) is 9.84 Å². The first-order valence-corrected chi connectivity index (χ1v) is 7.97. The monoisotopic (exact) mass is 291 g/mol. The van der Waals surface area contributed by atoms with Gasteiger partial charge in [-0.05, 0) is 12.8 Å². The summed E-state index contributed by atoms with van der Waals surface area (Å²) in [6, 6.07) is -1.08. The molecule has 2 heterocycles. The number of hydrogen-bond acceptors (Lipinski definition) is 5. The first-order valence-electron chi connectivity index (χ1n) is 6.26. The Labute approximate surface area is 111 Å². The lowest BCUT2D eigenvalue weighted by Gasteiger charge is -2.35. The van der Waals surface area contributed by atoms with Crippen molar-refractivity contribution < 1.29 is 27.9 Å². The van der Waals surface area contributed by atoms with Crippen molar-refractivity contribution in [2.75, 3.05) is 25.5 Å². The molecule has 2 atom stereocenters. The van der Waals surface area contributed by atoms with Crippen molar-refractivity contribution in [3.05, 3.63) is 0 Å². The summed E-state index contributed by atoms with van der Waals surface area (Å²) in [6.45, 7) is 0.276. The third-order valence-corrected chi connectivity index (χ3v) is 5.71. The van der Waals surface area contributed by atoms with E-state index < -0.39 is 33.0 Å². The van der Waals surface area contributed by atoms with Crippen molar-refractivity contribution in [3.8, 4) is 0 Å². The highest BCUT2D eigenvalue weighted by atomic mass is 32.2. The highest BCUT2D eigenvalue weighted by Gasteiger charge is 2.42. The minimum Gasteiger partial charge on any atom is -0.480 e. The van der Waals surface area contributed by atoms with Crippen LogP contribution in [0.1, 0.15) is 19.3 Å². The van der Waals surface area contributed by atoms with Crippen LogP contribution in [0.5, 0.6) is 0 Å². The van der Waals surface area contributed by atoms with Crippen LogP contribution in [0.15, 0.2) is 0 Å². The van der Waals surface area contributed by atoms with Gasteiger partial charge in [-0.1, -0.05) is 6.42 Å². The number of nitrogens with zero attached hydrogens (tertiary/aromatic N) is 1. The largest absolute Gasteiger partial charge is 0.480 e. The normalized spacial score (nSPS) is 30.8. The van der Waals surface area contributed by atoms with Crippen molar-refractivity contribution in [1.29, 1.82) is 0 Å². The summed E-state index contributed by atoms with van der Waals surface area (Å²) in [4.78, 5) is 24.5. The zero-order valence-electron chi connectivity index (χ0n) is 10.4. The third kappa shape index (κ3) is 2.89. The Morgan fingerprint density at radius 3 is 2.63 bits per heavy atom. The Hall–Kier alpha value is -1.15. The van der Waals surface area contributed by atoms with Crippen molar-refractivity contribution in [2.24, 2.45) is 0 Å². The van der Waals surface area contributed by atoms with Crippen molar-refractivity contribution in [2.45, 2.75) is 30.6 Å². The molecule has 2 unspecified atom stereocenters. The number of sulfone groups is 1. The second-order valence-electron chi connectivity index (χ2n) is 4.81. The summed E-state index contributed by atoms with van der Waals surface area (Å²) < 4.78 is 28.9. The Morgan fingerprint density at radius 1 is 1.26 bits per heavy atom. The van der Waals surface area contributed by atoms with Crippen molar-refractivity contribution >= 4 is 21.7 Å². The Kier molecular flexibility index (Phi) is 4.10. The lowest BCUT2D eigenvalue weighted by molar-refractivity contribution is -0.158. The molecule has 0 saturated carbocycles. The lowest BCUT2D eigenvalue weighted by Crippen LogP contribution is -2.57. The van der Waals surface area contributed by atoms with Gasteiger partial charge in [0.15, 0.2) is 15.9 Å². The maximum Gasteiger partial charge on any atom is 0.328 e. The number of rotatable bonds is 2. The molecule has 0 bridgehead atoms. The van der Waals surface area contributed by atoms with Crippen LogP contribution in [0.3, 0.4) is 0 Å².